The van der Waals surface area contributed by atoms with Crippen LogP contribution in [0, 0.1) is 13.8 Å². The smallest absolute Gasteiger partial charge is 0.0612 e. The minimum Gasteiger partial charge on any atom is -0.380 e. The molecule has 2 nitrogen and oxygen atoms in total. The molecule has 1 unspecified atom stereocenters. The average molecular weight is 316 g/mol. The number of hydrogen-bond acceptors (Lipinski definition) is 2. The Hall–Kier alpha value is -1.12. The summed E-state index contributed by atoms with van der Waals surface area (Å²) in [4.78, 5) is 0. The molecular formula is C21H33NO. The van der Waals surface area contributed by atoms with Crippen LogP contribution in [0.15, 0.2) is 17.7 Å². The molecule has 2 rings (SSSR count). The van der Waals surface area contributed by atoms with Gasteiger partial charge in [-0.15, -0.1) is 0 Å². The summed E-state index contributed by atoms with van der Waals surface area (Å²) in [5.74, 6) is 0. The van der Waals surface area contributed by atoms with E-state index in [4.69, 9.17) is 4.74 Å². The zero-order chi connectivity index (χ0) is 17.0. The van der Waals surface area contributed by atoms with Crippen molar-refractivity contribution in [3.8, 4) is 0 Å². The van der Waals surface area contributed by atoms with Crippen molar-refractivity contribution in [1.29, 1.82) is 0 Å². The van der Waals surface area contributed by atoms with Gasteiger partial charge in [0.2, 0.25) is 0 Å². The Morgan fingerprint density at radius 1 is 1.09 bits per heavy atom. The maximum atomic E-state index is 5.95. The third-order valence-corrected chi connectivity index (χ3v) is 5.59. The van der Waals surface area contributed by atoms with Crippen LogP contribution in [-0.2, 0) is 10.2 Å². The molecule has 1 N–H and O–H groups in total. The Bertz CT molecular complexity index is 588. The van der Waals surface area contributed by atoms with Crippen LogP contribution in [0.25, 0.3) is 5.57 Å². The first-order chi connectivity index (χ1) is 11.0. The van der Waals surface area contributed by atoms with E-state index in [1.54, 1.807) is 0 Å². The normalized spacial score (nSPS) is 20.3. The highest BCUT2D eigenvalue weighted by Gasteiger charge is 2.42. The topological polar surface area (TPSA) is 21.3 Å². The minimum absolute atomic E-state index is 0.0123. The van der Waals surface area contributed by atoms with Crippen molar-refractivity contribution in [3.05, 3.63) is 40.0 Å². The maximum absolute atomic E-state index is 5.95. The van der Waals surface area contributed by atoms with Gasteiger partial charge in [0.25, 0.3) is 0 Å². The van der Waals surface area contributed by atoms with Gasteiger partial charge in [0.1, 0.15) is 0 Å². The number of aryl methyl sites for hydroxylation is 1. The molecule has 0 amide bonds. The summed E-state index contributed by atoms with van der Waals surface area (Å²) in [6.45, 7) is 16.9. The third kappa shape index (κ3) is 3.25. The highest BCUT2D eigenvalue weighted by molar-refractivity contribution is 5.81. The van der Waals surface area contributed by atoms with E-state index in [2.05, 4.69) is 59.0 Å². The summed E-state index contributed by atoms with van der Waals surface area (Å²) < 4.78 is 5.95. The van der Waals surface area contributed by atoms with Crippen molar-refractivity contribution in [2.24, 2.45) is 0 Å². The van der Waals surface area contributed by atoms with Gasteiger partial charge in [-0.1, -0.05) is 31.1 Å². The lowest BCUT2D eigenvalue weighted by Gasteiger charge is -2.33. The molecular weight excluding hydrogens is 282 g/mol. The summed E-state index contributed by atoms with van der Waals surface area (Å²) in [7, 11) is 0. The molecule has 0 radical (unpaired) electrons. The highest BCUT2D eigenvalue weighted by atomic mass is 16.5. The van der Waals surface area contributed by atoms with Gasteiger partial charge < -0.3 is 10.1 Å². The average Bonchev–Trinajstić information content (AvgIpc) is 2.75. The Balaban J connectivity index is 2.44. The highest BCUT2D eigenvalue weighted by Crippen LogP contribution is 2.47. The number of nitrogens with one attached hydrogen (secondary N) is 1. The predicted octanol–water partition coefficient (Wildman–Crippen LogP) is 4.77. The Morgan fingerprint density at radius 3 is 2.48 bits per heavy atom. The van der Waals surface area contributed by atoms with Crippen LogP contribution in [0.1, 0.15) is 62.8 Å². The Kier molecular flexibility index (Phi) is 6.05. The van der Waals surface area contributed by atoms with Crippen LogP contribution in [0.3, 0.4) is 0 Å². The molecule has 1 aromatic carbocycles. The molecule has 0 spiro atoms. The lowest BCUT2D eigenvalue weighted by atomic mass is 9.77. The van der Waals surface area contributed by atoms with E-state index < -0.39 is 0 Å². The molecule has 0 heterocycles. The Morgan fingerprint density at radius 2 is 1.83 bits per heavy atom. The van der Waals surface area contributed by atoms with Gasteiger partial charge in [-0.2, -0.15) is 0 Å². The van der Waals surface area contributed by atoms with Crippen LogP contribution in [0.4, 0.5) is 0 Å². The lowest BCUT2D eigenvalue weighted by molar-refractivity contribution is 0.105. The molecule has 128 valence electrons. The molecule has 23 heavy (non-hydrogen) atoms. The lowest BCUT2D eigenvalue weighted by Crippen LogP contribution is -2.42. The van der Waals surface area contributed by atoms with Crippen LogP contribution in [-0.4, -0.2) is 26.3 Å². The Labute approximate surface area is 142 Å². The van der Waals surface area contributed by atoms with Gasteiger partial charge in [-0.05, 0) is 75.4 Å². The van der Waals surface area contributed by atoms with E-state index in [9.17, 15) is 0 Å². The van der Waals surface area contributed by atoms with Crippen molar-refractivity contribution >= 4 is 5.57 Å². The molecule has 0 saturated carbocycles. The minimum atomic E-state index is -0.0123. The number of rotatable bonds is 8. The molecule has 1 aliphatic rings. The zero-order valence-corrected chi connectivity index (χ0v) is 15.8. The number of benzene rings is 1. The summed E-state index contributed by atoms with van der Waals surface area (Å²) in [5.41, 5.74) is 8.61. The first kappa shape index (κ1) is 18.2. The number of hydrogen-bond donors (Lipinski definition) is 1. The summed E-state index contributed by atoms with van der Waals surface area (Å²) in [6, 6.07) is 4.60. The number of allylic oxidation sites excluding steroid dienone is 1. The summed E-state index contributed by atoms with van der Waals surface area (Å²) in [5, 5.41) is 3.69. The van der Waals surface area contributed by atoms with Crippen molar-refractivity contribution in [3.63, 3.8) is 0 Å². The summed E-state index contributed by atoms with van der Waals surface area (Å²) >= 11 is 0. The van der Waals surface area contributed by atoms with Gasteiger partial charge in [0.05, 0.1) is 12.0 Å². The second-order valence-corrected chi connectivity index (χ2v) is 6.93. The van der Waals surface area contributed by atoms with Crippen LogP contribution in [0.5, 0.6) is 0 Å². The fourth-order valence-electron chi connectivity index (χ4n) is 3.79. The van der Waals surface area contributed by atoms with Crippen molar-refractivity contribution < 1.29 is 4.74 Å². The quantitative estimate of drug-likeness (QED) is 0.697. The molecule has 0 aliphatic heterocycles. The van der Waals surface area contributed by atoms with Crippen molar-refractivity contribution in [1.82, 2.24) is 5.32 Å². The molecule has 0 saturated heterocycles. The second kappa shape index (κ2) is 7.63. The number of unbranched alkanes of at least 4 members (excludes halogenated alkanes) is 1. The molecule has 1 aromatic rings. The van der Waals surface area contributed by atoms with Gasteiger partial charge in [0, 0.05) is 13.2 Å². The second-order valence-electron chi connectivity index (χ2n) is 6.93. The van der Waals surface area contributed by atoms with E-state index in [1.807, 2.05) is 0 Å². The third-order valence-electron chi connectivity index (χ3n) is 5.59. The van der Waals surface area contributed by atoms with E-state index in [-0.39, 0.29) is 5.41 Å². The molecule has 0 aromatic heterocycles. The van der Waals surface area contributed by atoms with Gasteiger partial charge in [-0.25, -0.2) is 0 Å². The monoisotopic (exact) mass is 315 g/mol. The predicted molar refractivity (Wildman–Crippen MR) is 100 cm³/mol. The van der Waals surface area contributed by atoms with Gasteiger partial charge >= 0.3 is 0 Å². The van der Waals surface area contributed by atoms with E-state index in [0.717, 1.165) is 26.3 Å². The van der Waals surface area contributed by atoms with E-state index in [0.29, 0.717) is 0 Å². The molecule has 1 aliphatic carbocycles. The van der Waals surface area contributed by atoms with E-state index in [1.165, 1.54) is 46.2 Å². The van der Waals surface area contributed by atoms with Crippen molar-refractivity contribution in [2.75, 3.05) is 26.3 Å². The largest absolute Gasteiger partial charge is 0.380 e. The van der Waals surface area contributed by atoms with Crippen LogP contribution < -0.4 is 5.32 Å². The van der Waals surface area contributed by atoms with Gasteiger partial charge in [-0.3, -0.25) is 0 Å². The van der Waals surface area contributed by atoms with Crippen LogP contribution in [0.2, 0.25) is 0 Å². The SMILES string of the molecule is CCCCNCC1(COCC)C(C)=C(C)c2c1ccc(C)c2C. The number of fused-ring (bicyclic) bond motifs is 1. The fourth-order valence-corrected chi connectivity index (χ4v) is 3.79. The first-order valence-corrected chi connectivity index (χ1v) is 9.07. The molecule has 0 fully saturated rings. The fraction of sp³-hybridized carbons (Fsp3) is 0.619. The molecule has 2 heteroatoms. The van der Waals surface area contributed by atoms with Crippen LogP contribution >= 0.6 is 0 Å². The molecule has 0 bridgehead atoms. The van der Waals surface area contributed by atoms with Gasteiger partial charge in [0.15, 0.2) is 0 Å². The van der Waals surface area contributed by atoms with Crippen molar-refractivity contribution in [2.45, 2.75) is 59.8 Å². The summed E-state index contributed by atoms with van der Waals surface area (Å²) in [6.07, 6.45) is 2.46. The number of ether oxygens (including phenoxy) is 1. The maximum Gasteiger partial charge on any atom is 0.0612 e. The first-order valence-electron chi connectivity index (χ1n) is 9.07. The molecule has 1 atom stereocenters. The standard InChI is InChI=1S/C21H33NO/c1-7-9-12-22-13-21(14-23-8-2)18(6)17(5)20-16(4)15(3)10-11-19(20)21/h10-11,22H,7-9,12-14H2,1-6H3. The zero-order valence-electron chi connectivity index (χ0n) is 15.8. The van der Waals surface area contributed by atoms with E-state index >= 15 is 0 Å².